The molecule has 3 aliphatic rings. The molecule has 0 radical (unpaired) electrons. The Morgan fingerprint density at radius 1 is 1.16 bits per heavy atom. The Balaban J connectivity index is 1.42. The molecule has 1 amide bonds. The first-order valence-electron chi connectivity index (χ1n) is 9.35. The molecule has 2 heterocycles. The van der Waals surface area contributed by atoms with Gasteiger partial charge in [0.1, 0.15) is 6.10 Å². The van der Waals surface area contributed by atoms with E-state index in [-0.39, 0.29) is 18.1 Å². The van der Waals surface area contributed by atoms with Gasteiger partial charge >= 0.3 is 0 Å². The van der Waals surface area contributed by atoms with Crippen LogP contribution in [0, 0.1) is 5.92 Å². The Kier molecular flexibility index (Phi) is 3.63. The van der Waals surface area contributed by atoms with E-state index in [9.17, 15) is 4.79 Å². The highest BCUT2D eigenvalue weighted by Gasteiger charge is 2.41. The van der Waals surface area contributed by atoms with Gasteiger partial charge in [-0.05, 0) is 43.6 Å². The number of morpholine rings is 1. The SMILES string of the molecule is O=C(c1n[nH]c2c1CCC2)N1CC(c2ccccc2)OC(C2CC2)C1. The second-order valence-corrected chi connectivity index (χ2v) is 7.50. The van der Waals surface area contributed by atoms with E-state index in [1.165, 1.54) is 12.8 Å². The number of aryl methyl sites for hydroxylation is 1. The highest BCUT2D eigenvalue weighted by molar-refractivity contribution is 5.94. The molecule has 2 aliphatic carbocycles. The van der Waals surface area contributed by atoms with Crippen LogP contribution in [0.4, 0.5) is 0 Å². The fourth-order valence-corrected chi connectivity index (χ4v) is 4.18. The quantitative estimate of drug-likeness (QED) is 0.937. The van der Waals surface area contributed by atoms with E-state index in [0.29, 0.717) is 24.7 Å². The molecule has 0 spiro atoms. The summed E-state index contributed by atoms with van der Waals surface area (Å²) in [5.41, 5.74) is 4.07. The third-order valence-corrected chi connectivity index (χ3v) is 5.74. The number of rotatable bonds is 3. The third-order valence-electron chi connectivity index (χ3n) is 5.74. The molecule has 1 aromatic carbocycles. The Bertz CT molecular complexity index is 781. The van der Waals surface area contributed by atoms with Gasteiger partial charge in [0, 0.05) is 17.8 Å². The van der Waals surface area contributed by atoms with Crippen molar-refractivity contribution in [1.82, 2.24) is 15.1 Å². The number of aromatic amines is 1. The van der Waals surface area contributed by atoms with E-state index in [1.807, 2.05) is 23.1 Å². The maximum atomic E-state index is 13.2. The predicted molar refractivity (Wildman–Crippen MR) is 93.3 cm³/mol. The monoisotopic (exact) mass is 337 g/mol. The summed E-state index contributed by atoms with van der Waals surface area (Å²) in [7, 11) is 0. The van der Waals surface area contributed by atoms with E-state index in [1.54, 1.807) is 0 Å². The first-order valence-corrected chi connectivity index (χ1v) is 9.35. The fourth-order valence-electron chi connectivity index (χ4n) is 4.18. The van der Waals surface area contributed by atoms with Crippen LogP contribution < -0.4 is 0 Å². The number of carbonyl (C=O) groups excluding carboxylic acids is 1. The molecule has 2 aromatic rings. The van der Waals surface area contributed by atoms with Crippen molar-refractivity contribution >= 4 is 5.91 Å². The summed E-state index contributed by atoms with van der Waals surface area (Å²) in [5, 5.41) is 7.41. The third kappa shape index (κ3) is 2.76. The minimum absolute atomic E-state index is 0.0449. The number of ether oxygens (including phenoxy) is 1. The lowest BCUT2D eigenvalue weighted by atomic mass is 10.0. The number of nitrogens with one attached hydrogen (secondary N) is 1. The van der Waals surface area contributed by atoms with E-state index in [4.69, 9.17) is 4.74 Å². The molecule has 5 nitrogen and oxygen atoms in total. The average molecular weight is 337 g/mol. The van der Waals surface area contributed by atoms with Crippen molar-refractivity contribution < 1.29 is 9.53 Å². The standard InChI is InChI=1S/C20H23N3O2/c24-20(19-15-7-4-8-16(15)21-22-19)23-11-17(13-5-2-1-3-6-13)25-18(12-23)14-9-10-14/h1-3,5-6,14,17-18H,4,7-12H2,(H,21,22). The zero-order chi connectivity index (χ0) is 16.8. The van der Waals surface area contributed by atoms with E-state index >= 15 is 0 Å². The molecule has 1 N–H and O–H groups in total. The molecule has 2 atom stereocenters. The van der Waals surface area contributed by atoms with Crippen LogP contribution in [-0.4, -0.2) is 40.2 Å². The molecule has 1 aliphatic heterocycles. The zero-order valence-corrected chi connectivity index (χ0v) is 14.3. The van der Waals surface area contributed by atoms with Gasteiger partial charge in [0.25, 0.3) is 5.91 Å². The van der Waals surface area contributed by atoms with Crippen LogP contribution in [0.25, 0.3) is 0 Å². The van der Waals surface area contributed by atoms with Gasteiger partial charge in [-0.3, -0.25) is 9.89 Å². The number of aromatic nitrogens is 2. The number of nitrogens with zero attached hydrogens (tertiary/aromatic N) is 2. The molecule has 25 heavy (non-hydrogen) atoms. The molecule has 0 bridgehead atoms. The van der Waals surface area contributed by atoms with Gasteiger partial charge in [-0.25, -0.2) is 0 Å². The summed E-state index contributed by atoms with van der Waals surface area (Å²) in [6.45, 7) is 1.29. The first-order chi connectivity index (χ1) is 12.3. The normalized spacial score (nSPS) is 25.8. The van der Waals surface area contributed by atoms with E-state index in [2.05, 4.69) is 22.3 Å². The zero-order valence-electron chi connectivity index (χ0n) is 14.3. The Morgan fingerprint density at radius 3 is 2.80 bits per heavy atom. The Morgan fingerprint density at radius 2 is 2.00 bits per heavy atom. The van der Waals surface area contributed by atoms with Crippen LogP contribution in [0.3, 0.4) is 0 Å². The summed E-state index contributed by atoms with van der Waals surface area (Å²) >= 11 is 0. The maximum absolute atomic E-state index is 13.2. The Hall–Kier alpha value is -2.14. The van der Waals surface area contributed by atoms with Crippen molar-refractivity contribution in [3.63, 3.8) is 0 Å². The van der Waals surface area contributed by atoms with Gasteiger partial charge in [-0.1, -0.05) is 30.3 Å². The molecule has 1 saturated carbocycles. The van der Waals surface area contributed by atoms with Gasteiger partial charge in [-0.2, -0.15) is 5.10 Å². The largest absolute Gasteiger partial charge is 0.366 e. The lowest BCUT2D eigenvalue weighted by molar-refractivity contribution is -0.0865. The second kappa shape index (κ2) is 5.99. The molecule has 1 aromatic heterocycles. The Labute approximate surface area is 147 Å². The number of hydrogen-bond acceptors (Lipinski definition) is 3. The van der Waals surface area contributed by atoms with Crippen LogP contribution >= 0.6 is 0 Å². The topological polar surface area (TPSA) is 58.2 Å². The fraction of sp³-hybridized carbons (Fsp3) is 0.500. The van der Waals surface area contributed by atoms with Crippen LogP contribution in [0.15, 0.2) is 30.3 Å². The van der Waals surface area contributed by atoms with Crippen LogP contribution in [0.5, 0.6) is 0 Å². The molecular formula is C20H23N3O2. The van der Waals surface area contributed by atoms with Crippen molar-refractivity contribution in [3.8, 4) is 0 Å². The minimum atomic E-state index is -0.0449. The lowest BCUT2D eigenvalue weighted by Gasteiger charge is -2.38. The number of amides is 1. The van der Waals surface area contributed by atoms with Crippen LogP contribution in [0.1, 0.15) is 52.7 Å². The van der Waals surface area contributed by atoms with Gasteiger partial charge in [0.05, 0.1) is 12.6 Å². The molecule has 2 fully saturated rings. The molecule has 130 valence electrons. The lowest BCUT2D eigenvalue weighted by Crippen LogP contribution is -2.48. The second-order valence-electron chi connectivity index (χ2n) is 7.50. The van der Waals surface area contributed by atoms with Gasteiger partial charge in [-0.15, -0.1) is 0 Å². The molecule has 5 heteroatoms. The van der Waals surface area contributed by atoms with E-state index in [0.717, 1.165) is 36.1 Å². The molecule has 5 rings (SSSR count). The highest BCUT2D eigenvalue weighted by atomic mass is 16.5. The van der Waals surface area contributed by atoms with E-state index < -0.39 is 0 Å². The number of carbonyl (C=O) groups is 1. The van der Waals surface area contributed by atoms with Crippen molar-refractivity contribution in [3.05, 3.63) is 52.8 Å². The first kappa shape index (κ1) is 15.1. The summed E-state index contributed by atoms with van der Waals surface area (Å²) in [6, 6.07) is 10.3. The highest BCUT2D eigenvalue weighted by Crippen LogP contribution is 2.40. The molecular weight excluding hydrogens is 314 g/mol. The molecule has 2 unspecified atom stereocenters. The van der Waals surface area contributed by atoms with Gasteiger partial charge in [0.15, 0.2) is 5.69 Å². The van der Waals surface area contributed by atoms with Crippen molar-refractivity contribution in [1.29, 1.82) is 0 Å². The maximum Gasteiger partial charge on any atom is 0.274 e. The minimum Gasteiger partial charge on any atom is -0.366 e. The summed E-state index contributed by atoms with van der Waals surface area (Å²) in [6.07, 6.45) is 5.62. The summed E-state index contributed by atoms with van der Waals surface area (Å²) < 4.78 is 6.36. The number of H-pyrrole nitrogens is 1. The molecule has 1 saturated heterocycles. The summed E-state index contributed by atoms with van der Waals surface area (Å²) in [4.78, 5) is 15.1. The number of hydrogen-bond donors (Lipinski definition) is 1. The number of fused-ring (bicyclic) bond motifs is 1. The van der Waals surface area contributed by atoms with Crippen molar-refractivity contribution in [2.75, 3.05) is 13.1 Å². The van der Waals surface area contributed by atoms with Crippen molar-refractivity contribution in [2.24, 2.45) is 5.92 Å². The summed E-state index contributed by atoms with van der Waals surface area (Å²) in [5.74, 6) is 0.668. The smallest absolute Gasteiger partial charge is 0.274 e. The van der Waals surface area contributed by atoms with Gasteiger partial charge in [0.2, 0.25) is 0 Å². The van der Waals surface area contributed by atoms with Crippen molar-refractivity contribution in [2.45, 2.75) is 44.3 Å². The van der Waals surface area contributed by atoms with Gasteiger partial charge < -0.3 is 9.64 Å². The van der Waals surface area contributed by atoms with Crippen LogP contribution in [0.2, 0.25) is 0 Å². The van der Waals surface area contributed by atoms with Crippen LogP contribution in [-0.2, 0) is 17.6 Å². The predicted octanol–water partition coefficient (Wildman–Crippen LogP) is 2.89. The number of benzene rings is 1. The average Bonchev–Trinajstić information content (AvgIpc) is 3.28.